The molecule has 2 aromatic heterocycles. The first-order valence-corrected chi connectivity index (χ1v) is 7.73. The Hall–Kier alpha value is -2.24. The summed E-state index contributed by atoms with van der Waals surface area (Å²) in [7, 11) is 1.88. The highest BCUT2D eigenvalue weighted by Gasteiger charge is 2.15. The van der Waals surface area contributed by atoms with E-state index in [1.54, 1.807) is 12.5 Å². The van der Waals surface area contributed by atoms with Crippen LogP contribution in [0.3, 0.4) is 0 Å². The van der Waals surface area contributed by atoms with Crippen molar-refractivity contribution < 1.29 is 4.79 Å². The predicted molar refractivity (Wildman–Crippen MR) is 84.0 cm³/mol. The maximum Gasteiger partial charge on any atom is 0.220 e. The van der Waals surface area contributed by atoms with Gasteiger partial charge in [-0.1, -0.05) is 25.8 Å². The Morgan fingerprint density at radius 2 is 2.32 bits per heavy atom. The van der Waals surface area contributed by atoms with Gasteiger partial charge in [-0.05, 0) is 18.1 Å². The number of nitrogens with zero attached hydrogens (tertiary/aromatic N) is 4. The van der Waals surface area contributed by atoms with E-state index in [2.05, 4.69) is 27.4 Å². The maximum atomic E-state index is 12.2. The first-order chi connectivity index (χ1) is 10.7. The van der Waals surface area contributed by atoms with Gasteiger partial charge in [0.1, 0.15) is 12.2 Å². The Balaban J connectivity index is 1.91. The monoisotopic (exact) mass is 301 g/mol. The van der Waals surface area contributed by atoms with Crippen LogP contribution in [0.15, 0.2) is 30.9 Å². The van der Waals surface area contributed by atoms with Crippen LogP contribution < -0.4 is 5.32 Å². The molecule has 6 nitrogen and oxygen atoms in total. The average Bonchev–Trinajstić information content (AvgIpc) is 2.95. The maximum absolute atomic E-state index is 12.2. The first-order valence-electron chi connectivity index (χ1n) is 7.73. The minimum atomic E-state index is 0.0284. The van der Waals surface area contributed by atoms with Gasteiger partial charge in [-0.15, -0.1) is 10.2 Å². The van der Waals surface area contributed by atoms with Crippen molar-refractivity contribution in [3.63, 3.8) is 0 Å². The van der Waals surface area contributed by atoms with Gasteiger partial charge in [0, 0.05) is 32.3 Å². The highest BCUT2D eigenvalue weighted by atomic mass is 16.1. The van der Waals surface area contributed by atoms with Crippen molar-refractivity contribution in [3.05, 3.63) is 42.2 Å². The summed E-state index contributed by atoms with van der Waals surface area (Å²) in [6, 6.07) is 3.94. The van der Waals surface area contributed by atoms with E-state index in [0.717, 1.165) is 30.7 Å². The van der Waals surface area contributed by atoms with Gasteiger partial charge in [0.2, 0.25) is 5.91 Å². The number of hydrogen-bond donors (Lipinski definition) is 1. The van der Waals surface area contributed by atoms with Gasteiger partial charge in [0.05, 0.1) is 6.04 Å². The molecule has 0 aromatic carbocycles. The summed E-state index contributed by atoms with van der Waals surface area (Å²) in [5.74, 6) is 0.856. The zero-order chi connectivity index (χ0) is 15.8. The number of amides is 1. The average molecular weight is 301 g/mol. The number of carbonyl (C=O) groups excluding carboxylic acids is 1. The van der Waals surface area contributed by atoms with E-state index in [0.29, 0.717) is 12.8 Å². The number of aromatic nitrogens is 4. The van der Waals surface area contributed by atoms with Crippen LogP contribution in [0.2, 0.25) is 0 Å². The highest BCUT2D eigenvalue weighted by molar-refractivity contribution is 5.76. The lowest BCUT2D eigenvalue weighted by Gasteiger charge is -2.18. The van der Waals surface area contributed by atoms with E-state index < -0.39 is 0 Å². The Morgan fingerprint density at radius 1 is 1.45 bits per heavy atom. The third kappa shape index (κ3) is 4.65. The molecule has 0 unspecified atom stereocenters. The molecule has 0 aliphatic heterocycles. The lowest BCUT2D eigenvalue weighted by molar-refractivity contribution is -0.121. The molecule has 6 heteroatoms. The minimum Gasteiger partial charge on any atom is -0.349 e. The lowest BCUT2D eigenvalue weighted by Crippen LogP contribution is -2.29. The second-order valence-electron chi connectivity index (χ2n) is 5.41. The van der Waals surface area contributed by atoms with Crippen molar-refractivity contribution in [2.45, 2.75) is 45.1 Å². The molecule has 0 saturated heterocycles. The van der Waals surface area contributed by atoms with E-state index in [4.69, 9.17) is 0 Å². The summed E-state index contributed by atoms with van der Waals surface area (Å²) in [6.45, 7) is 2.15. The van der Waals surface area contributed by atoms with Crippen molar-refractivity contribution in [1.29, 1.82) is 0 Å². The van der Waals surface area contributed by atoms with Crippen molar-refractivity contribution >= 4 is 5.91 Å². The number of unbranched alkanes of at least 4 members (excludes halogenated alkanes) is 1. The third-order valence-corrected chi connectivity index (χ3v) is 3.65. The van der Waals surface area contributed by atoms with E-state index in [1.165, 1.54) is 0 Å². The Labute approximate surface area is 131 Å². The van der Waals surface area contributed by atoms with Crippen LogP contribution in [0.25, 0.3) is 0 Å². The van der Waals surface area contributed by atoms with Crippen molar-refractivity contribution in [3.8, 4) is 0 Å². The number of hydrogen-bond acceptors (Lipinski definition) is 4. The summed E-state index contributed by atoms with van der Waals surface area (Å²) in [4.78, 5) is 16.4. The first kappa shape index (κ1) is 16.1. The standard InChI is InChI=1S/C16H23N5O/c1-3-4-7-14(13-6-5-10-17-11-13)19-16(22)9-8-15-20-18-12-21(15)2/h5-6,10-12,14H,3-4,7-9H2,1-2H3,(H,19,22)/t14-/m1/s1. The number of pyridine rings is 1. The summed E-state index contributed by atoms with van der Waals surface area (Å²) in [5, 5.41) is 10.9. The Morgan fingerprint density at radius 3 is 2.95 bits per heavy atom. The molecule has 0 spiro atoms. The van der Waals surface area contributed by atoms with Gasteiger partial charge < -0.3 is 9.88 Å². The summed E-state index contributed by atoms with van der Waals surface area (Å²) < 4.78 is 1.84. The van der Waals surface area contributed by atoms with E-state index >= 15 is 0 Å². The molecule has 0 saturated carbocycles. The van der Waals surface area contributed by atoms with Gasteiger partial charge in [-0.2, -0.15) is 0 Å². The molecule has 0 radical (unpaired) electrons. The largest absolute Gasteiger partial charge is 0.349 e. The Bertz CT molecular complexity index is 581. The molecule has 2 aromatic rings. The fourth-order valence-electron chi connectivity index (χ4n) is 2.34. The number of rotatable bonds is 8. The summed E-state index contributed by atoms with van der Waals surface area (Å²) >= 11 is 0. The minimum absolute atomic E-state index is 0.0284. The molecule has 0 aliphatic carbocycles. The molecule has 2 heterocycles. The van der Waals surface area contributed by atoms with Crippen molar-refractivity contribution in [1.82, 2.24) is 25.1 Å². The zero-order valence-electron chi connectivity index (χ0n) is 13.2. The SMILES string of the molecule is CCCC[C@@H](NC(=O)CCc1nncn1C)c1cccnc1. The van der Waals surface area contributed by atoms with E-state index in [-0.39, 0.29) is 11.9 Å². The molecular weight excluding hydrogens is 278 g/mol. The van der Waals surface area contributed by atoms with Crippen LogP contribution in [0.1, 0.15) is 50.0 Å². The fraction of sp³-hybridized carbons (Fsp3) is 0.500. The molecule has 0 aliphatic rings. The fourth-order valence-corrected chi connectivity index (χ4v) is 2.34. The molecule has 1 atom stereocenters. The molecule has 1 amide bonds. The second-order valence-corrected chi connectivity index (χ2v) is 5.41. The summed E-state index contributed by atoms with van der Waals surface area (Å²) in [6.07, 6.45) is 9.32. The van der Waals surface area contributed by atoms with Crippen molar-refractivity contribution in [2.24, 2.45) is 7.05 Å². The number of carbonyl (C=O) groups is 1. The number of aryl methyl sites for hydroxylation is 2. The van der Waals surface area contributed by atoms with Gasteiger partial charge in [-0.3, -0.25) is 9.78 Å². The molecule has 118 valence electrons. The van der Waals surface area contributed by atoms with Crippen LogP contribution in [0, 0.1) is 0 Å². The van der Waals surface area contributed by atoms with Gasteiger partial charge >= 0.3 is 0 Å². The van der Waals surface area contributed by atoms with Crippen LogP contribution in [-0.2, 0) is 18.3 Å². The zero-order valence-corrected chi connectivity index (χ0v) is 13.2. The molecule has 2 rings (SSSR count). The van der Waals surface area contributed by atoms with Gasteiger partial charge in [-0.25, -0.2) is 0 Å². The normalized spacial score (nSPS) is 12.1. The van der Waals surface area contributed by atoms with Gasteiger partial charge in [0.25, 0.3) is 0 Å². The van der Waals surface area contributed by atoms with Crippen molar-refractivity contribution in [2.75, 3.05) is 0 Å². The van der Waals surface area contributed by atoms with Crippen LogP contribution >= 0.6 is 0 Å². The van der Waals surface area contributed by atoms with E-state index in [9.17, 15) is 4.79 Å². The molecule has 1 N–H and O–H groups in total. The lowest BCUT2D eigenvalue weighted by atomic mass is 10.0. The van der Waals surface area contributed by atoms with Gasteiger partial charge in [0.15, 0.2) is 0 Å². The predicted octanol–water partition coefficient (Wildman–Crippen LogP) is 2.19. The molecular formula is C16H23N5O. The quantitative estimate of drug-likeness (QED) is 0.811. The van der Waals surface area contributed by atoms with Crippen LogP contribution in [0.4, 0.5) is 0 Å². The molecule has 0 fully saturated rings. The highest BCUT2D eigenvalue weighted by Crippen LogP contribution is 2.18. The number of nitrogens with one attached hydrogen (secondary N) is 1. The smallest absolute Gasteiger partial charge is 0.220 e. The second kappa shape index (κ2) is 8.26. The molecule has 0 bridgehead atoms. The Kier molecular flexibility index (Phi) is 6.06. The van der Waals surface area contributed by atoms with Crippen LogP contribution in [-0.4, -0.2) is 25.7 Å². The third-order valence-electron chi connectivity index (χ3n) is 3.65. The van der Waals surface area contributed by atoms with E-state index in [1.807, 2.05) is 29.9 Å². The molecule has 22 heavy (non-hydrogen) atoms. The summed E-state index contributed by atoms with van der Waals surface area (Å²) in [5.41, 5.74) is 1.06. The topological polar surface area (TPSA) is 72.7 Å². The van der Waals surface area contributed by atoms with Crippen LogP contribution in [0.5, 0.6) is 0 Å².